The molecule has 0 saturated carbocycles. The summed E-state index contributed by atoms with van der Waals surface area (Å²) in [5.74, 6) is -1.62. The molecule has 1 amide bonds. The van der Waals surface area contributed by atoms with Crippen molar-refractivity contribution in [2.24, 2.45) is 0 Å². The second-order valence-electron chi connectivity index (χ2n) is 4.37. The molecule has 0 aliphatic rings. The molecule has 2 aromatic rings. The summed E-state index contributed by atoms with van der Waals surface area (Å²) in [4.78, 5) is 23.3. The zero-order valence-electron chi connectivity index (χ0n) is 10.9. The highest BCUT2D eigenvalue weighted by atomic mass is 35.5. The third-order valence-corrected chi connectivity index (χ3v) is 3.10. The van der Waals surface area contributed by atoms with Crippen LogP contribution in [0.3, 0.4) is 0 Å². The second kappa shape index (κ2) is 5.38. The Morgan fingerprint density at radius 1 is 1.25 bits per heavy atom. The molecule has 2 rings (SSSR count). The van der Waals surface area contributed by atoms with Crippen molar-refractivity contribution in [3.8, 4) is 0 Å². The summed E-state index contributed by atoms with van der Waals surface area (Å²) in [6.07, 6.45) is 1.29. The third kappa shape index (κ3) is 2.67. The number of carbonyl (C=O) groups is 2. The molecular formula is C14H12ClNO4. The van der Waals surface area contributed by atoms with E-state index in [1.54, 1.807) is 19.9 Å². The molecule has 5 nitrogen and oxygen atoms in total. The van der Waals surface area contributed by atoms with Crippen molar-refractivity contribution in [3.63, 3.8) is 0 Å². The first kappa shape index (κ1) is 14.1. The quantitative estimate of drug-likeness (QED) is 0.907. The Bertz CT molecular complexity index is 690. The van der Waals surface area contributed by atoms with Crippen molar-refractivity contribution in [2.75, 3.05) is 5.32 Å². The largest absolute Gasteiger partial charge is 0.478 e. The molecule has 2 N–H and O–H groups in total. The maximum Gasteiger partial charge on any atom is 0.337 e. The predicted octanol–water partition coefficient (Wildman–Crippen LogP) is 3.50. The monoisotopic (exact) mass is 293 g/mol. The van der Waals surface area contributed by atoms with Crippen LogP contribution in [0.4, 0.5) is 5.69 Å². The number of anilines is 1. The average Bonchev–Trinajstić information content (AvgIpc) is 2.78. The van der Waals surface area contributed by atoms with Crippen molar-refractivity contribution in [1.82, 2.24) is 0 Å². The summed E-state index contributed by atoms with van der Waals surface area (Å²) in [6.45, 7) is 3.52. The van der Waals surface area contributed by atoms with Gasteiger partial charge in [-0.1, -0.05) is 6.07 Å². The van der Waals surface area contributed by atoms with E-state index in [1.807, 2.05) is 0 Å². The number of aromatic carboxylic acids is 1. The number of aryl methyl sites for hydroxylation is 2. The predicted molar refractivity (Wildman–Crippen MR) is 74.5 cm³/mol. The lowest BCUT2D eigenvalue weighted by Crippen LogP contribution is -2.16. The highest BCUT2D eigenvalue weighted by Crippen LogP contribution is 2.25. The van der Waals surface area contributed by atoms with Crippen LogP contribution in [0.25, 0.3) is 0 Å². The highest BCUT2D eigenvalue weighted by Gasteiger charge is 2.19. The maximum atomic E-state index is 12.1. The molecule has 0 bridgehead atoms. The van der Waals surface area contributed by atoms with Gasteiger partial charge in [-0.25, -0.2) is 4.79 Å². The van der Waals surface area contributed by atoms with Crippen molar-refractivity contribution in [1.29, 1.82) is 0 Å². The summed E-state index contributed by atoms with van der Waals surface area (Å²) >= 11 is 5.72. The summed E-state index contributed by atoms with van der Waals surface area (Å²) in [7, 11) is 0. The van der Waals surface area contributed by atoms with Crippen LogP contribution in [0.5, 0.6) is 0 Å². The van der Waals surface area contributed by atoms with Gasteiger partial charge in [0.15, 0.2) is 0 Å². The number of furan rings is 1. The van der Waals surface area contributed by atoms with E-state index in [4.69, 9.17) is 16.0 Å². The molecule has 0 radical (unpaired) electrons. The number of carboxylic acids is 1. The number of hydrogen-bond donors (Lipinski definition) is 2. The van der Waals surface area contributed by atoms with Gasteiger partial charge in [-0.3, -0.25) is 4.79 Å². The van der Waals surface area contributed by atoms with Gasteiger partial charge in [0, 0.05) is 0 Å². The number of halogens is 1. The summed E-state index contributed by atoms with van der Waals surface area (Å²) < 4.78 is 4.84. The Hall–Kier alpha value is -2.27. The van der Waals surface area contributed by atoms with Gasteiger partial charge in [0.05, 0.1) is 23.1 Å². The van der Waals surface area contributed by atoms with Gasteiger partial charge in [-0.15, -0.1) is 0 Å². The smallest absolute Gasteiger partial charge is 0.337 e. The van der Waals surface area contributed by atoms with Crippen LogP contribution in [0.2, 0.25) is 5.22 Å². The summed E-state index contributed by atoms with van der Waals surface area (Å²) in [5.41, 5.74) is 1.92. The fourth-order valence-corrected chi connectivity index (χ4v) is 2.14. The zero-order chi connectivity index (χ0) is 14.9. The number of amides is 1. The van der Waals surface area contributed by atoms with E-state index >= 15 is 0 Å². The molecule has 0 atom stereocenters. The van der Waals surface area contributed by atoms with Crippen LogP contribution in [-0.4, -0.2) is 17.0 Å². The Kier molecular flexibility index (Phi) is 3.81. The first-order valence-electron chi connectivity index (χ1n) is 5.79. The fourth-order valence-electron chi connectivity index (χ4n) is 1.94. The molecule has 0 unspecified atom stereocenters. The first-order valence-corrected chi connectivity index (χ1v) is 6.17. The van der Waals surface area contributed by atoms with Gasteiger partial charge in [0.25, 0.3) is 5.91 Å². The standard InChI is InChI=1S/C14H12ClNO4/c1-7-5-8(2)11(10(6-7)14(18)19)16-13(17)9-3-4-20-12(9)15/h3-6H,1-2H3,(H,16,17)(H,18,19). The molecule has 1 heterocycles. The minimum atomic E-state index is -1.11. The van der Waals surface area contributed by atoms with Crippen LogP contribution in [-0.2, 0) is 0 Å². The molecular weight excluding hydrogens is 282 g/mol. The molecule has 20 heavy (non-hydrogen) atoms. The van der Waals surface area contributed by atoms with E-state index in [0.29, 0.717) is 5.56 Å². The molecule has 6 heteroatoms. The third-order valence-electron chi connectivity index (χ3n) is 2.81. The van der Waals surface area contributed by atoms with Gasteiger partial charge in [-0.05, 0) is 48.7 Å². The molecule has 0 saturated heterocycles. The number of benzene rings is 1. The van der Waals surface area contributed by atoms with Crippen LogP contribution >= 0.6 is 11.6 Å². The van der Waals surface area contributed by atoms with Gasteiger partial charge in [0.1, 0.15) is 0 Å². The molecule has 104 valence electrons. The van der Waals surface area contributed by atoms with E-state index in [1.165, 1.54) is 18.4 Å². The molecule has 0 aliphatic carbocycles. The van der Waals surface area contributed by atoms with Gasteiger partial charge >= 0.3 is 5.97 Å². The van der Waals surface area contributed by atoms with Crippen molar-refractivity contribution >= 4 is 29.2 Å². The topological polar surface area (TPSA) is 79.5 Å². The number of rotatable bonds is 3. The van der Waals surface area contributed by atoms with Crippen LogP contribution in [0.15, 0.2) is 28.9 Å². The number of nitrogens with one attached hydrogen (secondary N) is 1. The molecule has 1 aromatic heterocycles. The maximum absolute atomic E-state index is 12.1. The first-order chi connectivity index (χ1) is 9.40. The average molecular weight is 294 g/mol. The number of carboxylic acid groups (broad SMARTS) is 1. The number of hydrogen-bond acceptors (Lipinski definition) is 3. The van der Waals surface area contributed by atoms with E-state index in [2.05, 4.69) is 5.32 Å². The Morgan fingerprint density at radius 2 is 1.95 bits per heavy atom. The van der Waals surface area contributed by atoms with E-state index in [-0.39, 0.29) is 22.0 Å². The second-order valence-corrected chi connectivity index (χ2v) is 4.71. The minimum absolute atomic E-state index is 0.0375. The van der Waals surface area contributed by atoms with E-state index < -0.39 is 11.9 Å². The molecule has 0 aliphatic heterocycles. The molecule has 0 spiro atoms. The van der Waals surface area contributed by atoms with Crippen LogP contribution in [0, 0.1) is 13.8 Å². The van der Waals surface area contributed by atoms with E-state index in [9.17, 15) is 14.7 Å². The highest BCUT2D eigenvalue weighted by molar-refractivity contribution is 6.32. The van der Waals surface area contributed by atoms with Crippen molar-refractivity contribution in [3.05, 3.63) is 51.9 Å². The Morgan fingerprint density at radius 3 is 2.50 bits per heavy atom. The van der Waals surface area contributed by atoms with Crippen molar-refractivity contribution in [2.45, 2.75) is 13.8 Å². The molecule has 1 aromatic carbocycles. The molecule has 0 fully saturated rings. The van der Waals surface area contributed by atoms with Crippen LogP contribution in [0.1, 0.15) is 31.8 Å². The van der Waals surface area contributed by atoms with Gasteiger partial charge < -0.3 is 14.8 Å². The van der Waals surface area contributed by atoms with Crippen LogP contribution < -0.4 is 5.32 Å². The van der Waals surface area contributed by atoms with E-state index in [0.717, 1.165) is 5.56 Å². The Labute approximate surface area is 120 Å². The normalized spacial score (nSPS) is 10.3. The zero-order valence-corrected chi connectivity index (χ0v) is 11.6. The summed E-state index contributed by atoms with van der Waals surface area (Å²) in [6, 6.07) is 4.71. The lowest BCUT2D eigenvalue weighted by Gasteiger charge is -2.12. The Balaban J connectivity index is 2.41. The number of carbonyl (C=O) groups excluding carboxylic acids is 1. The lowest BCUT2D eigenvalue weighted by atomic mass is 10.0. The summed E-state index contributed by atoms with van der Waals surface area (Å²) in [5, 5.41) is 11.7. The van der Waals surface area contributed by atoms with Crippen molar-refractivity contribution < 1.29 is 19.1 Å². The van der Waals surface area contributed by atoms with Gasteiger partial charge in [-0.2, -0.15) is 0 Å². The minimum Gasteiger partial charge on any atom is -0.478 e. The lowest BCUT2D eigenvalue weighted by molar-refractivity contribution is 0.0698. The fraction of sp³-hybridized carbons (Fsp3) is 0.143. The van der Waals surface area contributed by atoms with Gasteiger partial charge in [0.2, 0.25) is 5.22 Å². The SMILES string of the molecule is Cc1cc(C)c(NC(=O)c2ccoc2Cl)c(C(=O)O)c1.